The summed E-state index contributed by atoms with van der Waals surface area (Å²) in [6.45, 7) is 0. The average molecular weight is 236 g/mol. The fraction of sp³-hybridized carbons (Fsp3) is 0.750. The highest BCUT2D eigenvalue weighted by molar-refractivity contribution is 8.76. The van der Waals surface area contributed by atoms with Crippen molar-refractivity contribution >= 4 is 33.5 Å². The molecule has 4 nitrogen and oxygen atoms in total. The molecule has 0 fully saturated rings. The fourth-order valence-electron chi connectivity index (χ4n) is 0.669. The zero-order valence-electron chi connectivity index (χ0n) is 7.69. The van der Waals surface area contributed by atoms with Crippen molar-refractivity contribution in [2.75, 3.05) is 11.5 Å². The molecule has 0 unspecified atom stereocenters. The third kappa shape index (κ3) is 11.6. The fourth-order valence-corrected chi connectivity index (χ4v) is 2.84. The second-order valence-corrected chi connectivity index (χ2v) is 5.30. The Morgan fingerprint density at radius 3 is 1.50 bits per heavy atom. The predicted octanol–water partition coefficient (Wildman–Crippen LogP) is -0.572. The molecule has 0 saturated carbocycles. The molecule has 0 aromatic rings. The van der Waals surface area contributed by atoms with Crippen LogP contribution in [0.5, 0.6) is 0 Å². The Morgan fingerprint density at radius 1 is 0.857 bits per heavy atom. The Kier molecular flexibility index (Phi) is 8.97. The normalized spacial score (nSPS) is 10.0. The lowest BCUT2D eigenvalue weighted by Crippen LogP contribution is -2.21. The van der Waals surface area contributed by atoms with E-state index in [9.17, 15) is 19.8 Å². The van der Waals surface area contributed by atoms with Crippen LogP contribution in [0.4, 0.5) is 0 Å². The van der Waals surface area contributed by atoms with Crippen LogP contribution in [0.1, 0.15) is 25.7 Å². The van der Waals surface area contributed by atoms with E-state index >= 15 is 0 Å². The minimum atomic E-state index is -1.02. The summed E-state index contributed by atoms with van der Waals surface area (Å²) in [5.74, 6) is -0.534. The summed E-state index contributed by atoms with van der Waals surface area (Å²) in [5.41, 5.74) is 0. The monoisotopic (exact) mass is 236 g/mol. The third-order valence-electron chi connectivity index (χ3n) is 1.30. The van der Waals surface area contributed by atoms with E-state index in [1.165, 1.54) is 0 Å². The van der Waals surface area contributed by atoms with Crippen LogP contribution in [0, 0.1) is 0 Å². The van der Waals surface area contributed by atoms with Crippen LogP contribution in [0.2, 0.25) is 0 Å². The van der Waals surface area contributed by atoms with Gasteiger partial charge < -0.3 is 19.8 Å². The summed E-state index contributed by atoms with van der Waals surface area (Å²) in [6.07, 6.45) is 1.38. The Balaban J connectivity index is 2.99. The van der Waals surface area contributed by atoms with Gasteiger partial charge in [-0.25, -0.2) is 0 Å². The lowest BCUT2D eigenvalue weighted by Gasteiger charge is -2.02. The van der Waals surface area contributed by atoms with Gasteiger partial charge in [-0.1, -0.05) is 21.6 Å². The SMILES string of the molecule is O=C([O-])CCCSSCCCC(=O)[O-]. The Morgan fingerprint density at radius 2 is 1.21 bits per heavy atom. The average Bonchev–Trinajstić information content (AvgIpc) is 2.08. The molecule has 0 heterocycles. The first kappa shape index (κ1) is 13.6. The van der Waals surface area contributed by atoms with Crippen molar-refractivity contribution in [2.45, 2.75) is 25.7 Å². The topological polar surface area (TPSA) is 80.3 Å². The molecule has 0 aliphatic carbocycles. The highest BCUT2D eigenvalue weighted by atomic mass is 33.1. The van der Waals surface area contributed by atoms with Gasteiger partial charge in [-0.15, -0.1) is 0 Å². The molecular weight excluding hydrogens is 224 g/mol. The predicted molar refractivity (Wildman–Crippen MR) is 53.4 cm³/mol. The van der Waals surface area contributed by atoms with Crippen LogP contribution >= 0.6 is 21.6 Å². The first-order chi connectivity index (χ1) is 6.63. The Hall–Kier alpha value is -0.360. The maximum Gasteiger partial charge on any atom is 0.0414 e. The van der Waals surface area contributed by atoms with Gasteiger partial charge in [0.2, 0.25) is 0 Å². The minimum Gasteiger partial charge on any atom is -0.550 e. The van der Waals surface area contributed by atoms with E-state index in [-0.39, 0.29) is 12.8 Å². The maximum atomic E-state index is 10.0. The van der Waals surface area contributed by atoms with Gasteiger partial charge in [0, 0.05) is 23.4 Å². The second kappa shape index (κ2) is 9.21. The van der Waals surface area contributed by atoms with Gasteiger partial charge in [-0.05, 0) is 25.7 Å². The molecule has 6 heteroatoms. The molecular formula is C8H12O4S2-2. The van der Waals surface area contributed by atoms with Crippen molar-refractivity contribution in [3.63, 3.8) is 0 Å². The van der Waals surface area contributed by atoms with Crippen molar-refractivity contribution in [3.8, 4) is 0 Å². The number of carbonyl (C=O) groups is 2. The van der Waals surface area contributed by atoms with Gasteiger partial charge in [0.25, 0.3) is 0 Å². The lowest BCUT2D eigenvalue weighted by molar-refractivity contribution is -0.307. The van der Waals surface area contributed by atoms with E-state index < -0.39 is 11.9 Å². The summed E-state index contributed by atoms with van der Waals surface area (Å²) < 4.78 is 0. The summed E-state index contributed by atoms with van der Waals surface area (Å²) in [6, 6.07) is 0. The van der Waals surface area contributed by atoms with Crippen LogP contribution in [0.25, 0.3) is 0 Å². The smallest absolute Gasteiger partial charge is 0.0414 e. The van der Waals surface area contributed by atoms with Gasteiger partial charge in [-0.2, -0.15) is 0 Å². The zero-order valence-corrected chi connectivity index (χ0v) is 9.33. The summed E-state index contributed by atoms with van der Waals surface area (Å²) in [7, 11) is 3.12. The van der Waals surface area contributed by atoms with E-state index in [2.05, 4.69) is 0 Å². The number of aliphatic carboxylic acids is 2. The molecule has 0 aliphatic rings. The zero-order chi connectivity index (χ0) is 10.8. The van der Waals surface area contributed by atoms with Crippen molar-refractivity contribution in [3.05, 3.63) is 0 Å². The molecule has 0 amide bonds. The van der Waals surface area contributed by atoms with E-state index in [4.69, 9.17) is 0 Å². The molecule has 0 aliphatic heterocycles. The van der Waals surface area contributed by atoms with Gasteiger partial charge in [0.15, 0.2) is 0 Å². The van der Waals surface area contributed by atoms with Crippen LogP contribution < -0.4 is 10.2 Å². The summed E-state index contributed by atoms with van der Waals surface area (Å²) in [5, 5.41) is 20.0. The summed E-state index contributed by atoms with van der Waals surface area (Å²) in [4.78, 5) is 20.0. The van der Waals surface area contributed by atoms with Crippen molar-refractivity contribution in [1.29, 1.82) is 0 Å². The summed E-state index contributed by atoms with van der Waals surface area (Å²) >= 11 is 0. The molecule has 0 bridgehead atoms. The Labute approximate surface area is 90.9 Å². The molecule has 0 rings (SSSR count). The standard InChI is InChI=1S/C8H14O4S2/c9-7(10)3-1-5-13-14-6-2-4-8(11)12/h1-6H2,(H,9,10)(H,11,12)/p-2. The molecule has 82 valence electrons. The van der Waals surface area contributed by atoms with Crippen LogP contribution in [0.3, 0.4) is 0 Å². The number of hydrogen-bond acceptors (Lipinski definition) is 6. The Bertz CT molecular complexity index is 164. The van der Waals surface area contributed by atoms with E-state index in [0.717, 1.165) is 11.5 Å². The van der Waals surface area contributed by atoms with Gasteiger partial charge in [0.1, 0.15) is 0 Å². The quantitative estimate of drug-likeness (QED) is 0.394. The number of hydrogen-bond donors (Lipinski definition) is 0. The number of carbonyl (C=O) groups excluding carboxylic acids is 2. The molecule has 0 spiro atoms. The van der Waals surface area contributed by atoms with Crippen LogP contribution in [0.15, 0.2) is 0 Å². The number of carboxylic acid groups (broad SMARTS) is 2. The van der Waals surface area contributed by atoms with Crippen LogP contribution in [-0.4, -0.2) is 23.4 Å². The van der Waals surface area contributed by atoms with Crippen molar-refractivity contribution in [1.82, 2.24) is 0 Å². The van der Waals surface area contributed by atoms with Gasteiger partial charge >= 0.3 is 0 Å². The maximum absolute atomic E-state index is 10.0. The highest BCUT2D eigenvalue weighted by Gasteiger charge is 1.93. The van der Waals surface area contributed by atoms with E-state index in [1.807, 2.05) is 0 Å². The van der Waals surface area contributed by atoms with E-state index in [1.54, 1.807) is 21.6 Å². The molecule has 0 atom stereocenters. The number of rotatable bonds is 9. The van der Waals surface area contributed by atoms with Gasteiger partial charge in [-0.3, -0.25) is 0 Å². The van der Waals surface area contributed by atoms with Crippen molar-refractivity contribution in [2.24, 2.45) is 0 Å². The van der Waals surface area contributed by atoms with Crippen molar-refractivity contribution < 1.29 is 19.8 Å². The molecule has 0 aromatic heterocycles. The second-order valence-electron chi connectivity index (χ2n) is 2.60. The van der Waals surface area contributed by atoms with E-state index in [0.29, 0.717) is 12.8 Å². The largest absolute Gasteiger partial charge is 0.550 e. The molecule has 0 N–H and O–H groups in total. The minimum absolute atomic E-state index is 0.0899. The molecule has 0 saturated heterocycles. The molecule has 0 aromatic carbocycles. The van der Waals surface area contributed by atoms with Crippen LogP contribution in [-0.2, 0) is 9.59 Å². The number of carboxylic acids is 2. The molecule has 0 radical (unpaired) electrons. The van der Waals surface area contributed by atoms with Gasteiger partial charge in [0.05, 0.1) is 0 Å². The lowest BCUT2D eigenvalue weighted by atomic mass is 10.3. The highest BCUT2D eigenvalue weighted by Crippen LogP contribution is 2.23. The third-order valence-corrected chi connectivity index (χ3v) is 3.88. The first-order valence-corrected chi connectivity index (χ1v) is 6.76. The molecule has 14 heavy (non-hydrogen) atoms. The first-order valence-electron chi connectivity index (χ1n) is 4.27.